The van der Waals surface area contributed by atoms with Gasteiger partial charge in [0.25, 0.3) is 0 Å². The van der Waals surface area contributed by atoms with E-state index in [0.717, 1.165) is 6.92 Å². The van der Waals surface area contributed by atoms with Crippen molar-refractivity contribution in [2.24, 2.45) is 0 Å². The van der Waals surface area contributed by atoms with Crippen molar-refractivity contribution >= 4 is 29.5 Å². The number of thioether (sulfide) groups is 2. The summed E-state index contributed by atoms with van der Waals surface area (Å²) < 4.78 is 289. The van der Waals surface area contributed by atoms with E-state index in [-0.39, 0.29) is 0 Å². The Balaban J connectivity index is 5.88. The zero-order valence-corrected chi connectivity index (χ0v) is 22.2. The molecule has 0 aliphatic carbocycles. The Hall–Kier alpha value is -1.37. The average molecular weight is 744 g/mol. The molecule has 2 nitrogen and oxygen atoms in total. The summed E-state index contributed by atoms with van der Waals surface area (Å²) in [7, 11) is 0. The molecule has 0 bridgehead atoms. The van der Waals surface area contributed by atoms with Gasteiger partial charge in [-0.25, -0.2) is 4.79 Å². The molecule has 26 heteroatoms. The van der Waals surface area contributed by atoms with E-state index in [2.05, 4.69) is 4.74 Å². The summed E-state index contributed by atoms with van der Waals surface area (Å²) >= 11 is -1.01. The molecule has 1 atom stereocenters. The van der Waals surface area contributed by atoms with Gasteiger partial charge in [0, 0.05) is 24.3 Å². The second-order valence-corrected chi connectivity index (χ2v) is 10.9. The van der Waals surface area contributed by atoms with Crippen LogP contribution in [0.15, 0.2) is 0 Å². The number of ether oxygens (including phenoxy) is 1. The minimum atomic E-state index is -8.20. The largest absolute Gasteiger partial charge is 0.465 e. The van der Waals surface area contributed by atoms with Crippen molar-refractivity contribution < 1.29 is 106 Å². The third kappa shape index (κ3) is 7.60. The molecule has 264 valence electrons. The zero-order valence-electron chi connectivity index (χ0n) is 20.6. The lowest BCUT2D eigenvalue weighted by Crippen LogP contribution is -2.70. The molecule has 0 aliphatic heterocycles. The van der Waals surface area contributed by atoms with Gasteiger partial charge in [0.2, 0.25) is 0 Å². The van der Waals surface area contributed by atoms with E-state index < -0.39 is 125 Å². The van der Waals surface area contributed by atoms with Gasteiger partial charge in [-0.3, -0.25) is 0 Å². The quantitative estimate of drug-likeness (QED) is 0.0895. The Morgan fingerprint density at radius 2 is 0.773 bits per heavy atom. The predicted molar refractivity (Wildman–Crippen MR) is 106 cm³/mol. The smallest absolute Gasteiger partial charge is 0.460 e. The molecule has 0 N–H and O–H groups in total. The second-order valence-electron chi connectivity index (χ2n) is 8.18. The van der Waals surface area contributed by atoms with Crippen molar-refractivity contribution in [3.8, 4) is 0 Å². The van der Waals surface area contributed by atoms with Crippen LogP contribution in [-0.2, 0) is 9.53 Å². The molecule has 0 saturated heterocycles. The van der Waals surface area contributed by atoms with E-state index in [9.17, 15) is 101 Å². The first-order chi connectivity index (χ1) is 19.0. The van der Waals surface area contributed by atoms with E-state index in [0.29, 0.717) is 0 Å². The fourth-order valence-corrected chi connectivity index (χ4v) is 5.05. The van der Waals surface area contributed by atoms with Crippen molar-refractivity contribution in [3.63, 3.8) is 0 Å². The molecule has 0 aromatic rings. The van der Waals surface area contributed by atoms with Crippen LogP contribution in [0.3, 0.4) is 0 Å². The Morgan fingerprint density at radius 3 is 1.07 bits per heavy atom. The van der Waals surface area contributed by atoms with Crippen LogP contribution in [0.2, 0.25) is 0 Å². The molecular formula is C18H14F22O2S2. The number of rotatable bonds is 16. The van der Waals surface area contributed by atoms with Gasteiger partial charge in [0.1, 0.15) is 4.58 Å². The van der Waals surface area contributed by atoms with Crippen molar-refractivity contribution in [1.82, 2.24) is 0 Å². The Kier molecular flexibility index (Phi) is 12.6. The van der Waals surface area contributed by atoms with Crippen LogP contribution >= 0.6 is 23.5 Å². The summed E-state index contributed by atoms with van der Waals surface area (Å²) in [6, 6.07) is 0. The number of carbonyl (C=O) groups is 1. The van der Waals surface area contributed by atoms with Crippen LogP contribution in [0.4, 0.5) is 96.6 Å². The van der Waals surface area contributed by atoms with Crippen LogP contribution in [-0.4, -0.2) is 88.4 Å². The first-order valence-electron chi connectivity index (χ1n) is 10.6. The van der Waals surface area contributed by atoms with Gasteiger partial charge < -0.3 is 4.74 Å². The third-order valence-electron chi connectivity index (χ3n) is 5.06. The van der Waals surface area contributed by atoms with Gasteiger partial charge >= 0.3 is 65.7 Å². The van der Waals surface area contributed by atoms with Crippen LogP contribution in [0.1, 0.15) is 19.8 Å². The Bertz CT molecular complexity index is 973. The molecule has 44 heavy (non-hydrogen) atoms. The standard InChI is InChI=1S/C18H14F22O2S2/c1-2-42-7(41)8(44-6-4-10(21,22)12(25,26)15(31,32)17(35,36)37)43-5-3-9(19,20)11(23,24)13(27,28)14(29,30)16(33,34)18(38,39)40/h8H,2-6H2,1H3. The van der Waals surface area contributed by atoms with E-state index in [4.69, 9.17) is 0 Å². The molecule has 0 aliphatic rings. The van der Waals surface area contributed by atoms with Crippen LogP contribution in [0, 0.1) is 0 Å². The molecule has 1 unspecified atom stereocenters. The highest BCUT2D eigenvalue weighted by Gasteiger charge is 2.90. The summed E-state index contributed by atoms with van der Waals surface area (Å²) in [6.45, 7) is 0.317. The average Bonchev–Trinajstić information content (AvgIpc) is 2.80. The number of halogens is 22. The van der Waals surface area contributed by atoms with Crippen LogP contribution < -0.4 is 0 Å². The topological polar surface area (TPSA) is 26.3 Å². The lowest BCUT2D eigenvalue weighted by molar-refractivity contribution is -0.439. The van der Waals surface area contributed by atoms with Gasteiger partial charge in [-0.15, -0.1) is 23.5 Å². The van der Waals surface area contributed by atoms with E-state index >= 15 is 0 Å². The van der Waals surface area contributed by atoms with E-state index in [1.165, 1.54) is 0 Å². The molecule has 0 amide bonds. The maximum atomic E-state index is 13.9. The van der Waals surface area contributed by atoms with Crippen molar-refractivity contribution in [3.05, 3.63) is 0 Å². The van der Waals surface area contributed by atoms with E-state index in [1.807, 2.05) is 0 Å². The number of esters is 1. The van der Waals surface area contributed by atoms with Crippen molar-refractivity contribution in [2.75, 3.05) is 18.1 Å². The molecule has 0 rings (SSSR count). The number of alkyl halides is 22. The van der Waals surface area contributed by atoms with Gasteiger partial charge in [-0.1, -0.05) is 0 Å². The molecule has 0 spiro atoms. The number of hydrogen-bond acceptors (Lipinski definition) is 4. The van der Waals surface area contributed by atoms with Gasteiger partial charge in [0.05, 0.1) is 6.61 Å². The summed E-state index contributed by atoms with van der Waals surface area (Å²) in [5.74, 6) is -64.6. The third-order valence-corrected chi connectivity index (χ3v) is 7.74. The summed E-state index contributed by atoms with van der Waals surface area (Å²) in [5, 5.41) is 0. The SMILES string of the molecule is CCOC(=O)C(SCCC(F)(F)C(F)(F)C(F)(F)C(F)(F)F)SCCC(F)(F)C(F)(F)C(F)(F)C(F)(F)C(F)(F)C(F)(F)F. The molecule has 0 fully saturated rings. The van der Waals surface area contributed by atoms with Crippen LogP contribution in [0.25, 0.3) is 0 Å². The highest BCUT2D eigenvalue weighted by Crippen LogP contribution is 2.61. The Morgan fingerprint density at radius 1 is 0.500 bits per heavy atom. The molecule has 0 aromatic carbocycles. The van der Waals surface area contributed by atoms with Gasteiger partial charge in [0.15, 0.2) is 0 Å². The summed E-state index contributed by atoms with van der Waals surface area (Å²) in [6.07, 6.45) is -20.3. The number of hydrogen-bond donors (Lipinski definition) is 0. The highest BCUT2D eigenvalue weighted by molar-refractivity contribution is 8.18. The molecule has 0 radical (unpaired) electrons. The molecule has 0 heterocycles. The first-order valence-corrected chi connectivity index (χ1v) is 12.7. The monoisotopic (exact) mass is 744 g/mol. The predicted octanol–water partition coefficient (Wildman–Crippen LogP) is 9.33. The fraction of sp³-hybridized carbons (Fsp3) is 0.944. The minimum Gasteiger partial charge on any atom is -0.465 e. The maximum Gasteiger partial charge on any atom is 0.460 e. The Labute approximate surface area is 238 Å². The fourth-order valence-electron chi connectivity index (χ4n) is 2.51. The van der Waals surface area contributed by atoms with Gasteiger partial charge in [-0.2, -0.15) is 96.6 Å². The molecule has 0 saturated carbocycles. The highest BCUT2D eigenvalue weighted by atomic mass is 32.2. The normalized spacial score (nSPS) is 16.2. The summed E-state index contributed by atoms with van der Waals surface area (Å²) in [4.78, 5) is 11.8. The minimum absolute atomic E-state index is 0.471. The van der Waals surface area contributed by atoms with E-state index in [1.54, 1.807) is 0 Å². The zero-order chi connectivity index (χ0) is 35.8. The summed E-state index contributed by atoms with van der Waals surface area (Å²) in [5.41, 5.74) is 0. The molecular weight excluding hydrogens is 730 g/mol. The molecule has 0 aromatic heterocycles. The van der Waals surface area contributed by atoms with Crippen molar-refractivity contribution in [2.45, 2.75) is 84.1 Å². The van der Waals surface area contributed by atoms with Gasteiger partial charge in [-0.05, 0) is 6.92 Å². The van der Waals surface area contributed by atoms with Crippen molar-refractivity contribution in [1.29, 1.82) is 0 Å². The maximum absolute atomic E-state index is 13.9. The number of carbonyl (C=O) groups excluding carboxylic acids is 1. The first kappa shape index (κ1) is 42.6. The lowest BCUT2D eigenvalue weighted by atomic mass is 9.93. The lowest BCUT2D eigenvalue weighted by Gasteiger charge is -2.39. The second kappa shape index (κ2) is 13.0. The van der Waals surface area contributed by atoms with Crippen LogP contribution in [0.5, 0.6) is 0 Å².